The van der Waals surface area contributed by atoms with Crippen LogP contribution in [0.1, 0.15) is 25.3 Å². The number of aromatic nitrogens is 1. The molecule has 1 N–H and O–H groups in total. The highest BCUT2D eigenvalue weighted by atomic mass is 16.6. The van der Waals surface area contributed by atoms with E-state index in [1.807, 2.05) is 0 Å². The van der Waals surface area contributed by atoms with Gasteiger partial charge in [-0.2, -0.15) is 5.26 Å². The number of non-ortho nitro benzene ring substituents is 1. The highest BCUT2D eigenvalue weighted by molar-refractivity contribution is 5.98. The lowest BCUT2D eigenvalue weighted by molar-refractivity contribution is -0.393. The van der Waals surface area contributed by atoms with Crippen LogP contribution < -0.4 is 5.32 Å². The first-order valence-corrected chi connectivity index (χ1v) is 9.36. The van der Waals surface area contributed by atoms with Crippen molar-refractivity contribution in [3.63, 3.8) is 0 Å². The van der Waals surface area contributed by atoms with Crippen molar-refractivity contribution in [2.45, 2.75) is 19.8 Å². The standard InChI is InChI=1S/C20H17N7O4/c1-2-3-8-22-17-7-6-16(15-5-4-9-23-20(15)17)24-25-19-13(12-21)10-14(26(28)29)11-18(19)27(30)31/h4-7,9-11,22H,2-3,8H2,1H3. The van der Waals surface area contributed by atoms with Crippen LogP contribution in [0.5, 0.6) is 0 Å². The minimum atomic E-state index is -0.831. The third kappa shape index (κ3) is 4.59. The Hall–Kier alpha value is -4.46. The van der Waals surface area contributed by atoms with Crippen LogP contribution in [-0.4, -0.2) is 21.4 Å². The molecule has 3 rings (SSSR count). The van der Waals surface area contributed by atoms with Crippen LogP contribution in [0.3, 0.4) is 0 Å². The van der Waals surface area contributed by atoms with Gasteiger partial charge in [-0.3, -0.25) is 25.2 Å². The first-order valence-electron chi connectivity index (χ1n) is 9.36. The van der Waals surface area contributed by atoms with Gasteiger partial charge in [-0.05, 0) is 30.7 Å². The number of unbranched alkanes of at least 4 members (excludes halogenated alkanes) is 1. The predicted molar refractivity (Wildman–Crippen MR) is 114 cm³/mol. The van der Waals surface area contributed by atoms with Gasteiger partial charge in [0.25, 0.3) is 5.69 Å². The number of nitrogens with zero attached hydrogens (tertiary/aromatic N) is 6. The molecule has 0 bridgehead atoms. The molecule has 0 amide bonds. The summed E-state index contributed by atoms with van der Waals surface area (Å²) < 4.78 is 0. The number of hydrogen-bond donors (Lipinski definition) is 1. The molecule has 0 fully saturated rings. The normalized spacial score (nSPS) is 10.8. The molecule has 2 aromatic carbocycles. The highest BCUT2D eigenvalue weighted by Crippen LogP contribution is 2.37. The Balaban J connectivity index is 2.08. The van der Waals surface area contributed by atoms with Crippen LogP contribution in [-0.2, 0) is 0 Å². The lowest BCUT2D eigenvalue weighted by Crippen LogP contribution is -2.01. The van der Waals surface area contributed by atoms with Crippen LogP contribution in [0.25, 0.3) is 10.9 Å². The number of azo groups is 1. The van der Waals surface area contributed by atoms with Crippen molar-refractivity contribution < 1.29 is 9.85 Å². The van der Waals surface area contributed by atoms with Crippen LogP contribution in [0.15, 0.2) is 52.8 Å². The fourth-order valence-electron chi connectivity index (χ4n) is 2.93. The van der Waals surface area contributed by atoms with Crippen LogP contribution in [0.2, 0.25) is 0 Å². The lowest BCUT2D eigenvalue weighted by atomic mass is 10.1. The summed E-state index contributed by atoms with van der Waals surface area (Å²) in [6, 6.07) is 10.4. The summed E-state index contributed by atoms with van der Waals surface area (Å²) in [4.78, 5) is 25.2. The quantitative estimate of drug-likeness (QED) is 0.217. The van der Waals surface area contributed by atoms with E-state index in [-0.39, 0.29) is 11.3 Å². The van der Waals surface area contributed by atoms with Gasteiger partial charge in [-0.25, -0.2) is 0 Å². The minimum absolute atomic E-state index is 0.315. The summed E-state index contributed by atoms with van der Waals surface area (Å²) in [7, 11) is 0. The molecule has 0 unspecified atom stereocenters. The maximum Gasteiger partial charge on any atom is 0.304 e. The number of nitro benzene ring substituents is 2. The van der Waals surface area contributed by atoms with Gasteiger partial charge in [0.05, 0.1) is 38.4 Å². The summed E-state index contributed by atoms with van der Waals surface area (Å²) in [5.41, 5.74) is -0.0316. The SMILES string of the molecule is CCCCNc1ccc(N=Nc2c(C#N)cc([N+](=O)[O-])cc2[N+](=O)[O-])c2cccnc12. The molecule has 0 radical (unpaired) electrons. The number of nitro groups is 2. The monoisotopic (exact) mass is 419 g/mol. The zero-order chi connectivity index (χ0) is 22.4. The van der Waals surface area contributed by atoms with Gasteiger partial charge < -0.3 is 5.32 Å². The summed E-state index contributed by atoms with van der Waals surface area (Å²) in [6.07, 6.45) is 3.68. The largest absolute Gasteiger partial charge is 0.383 e. The summed E-state index contributed by atoms with van der Waals surface area (Å²) in [5.74, 6) is 0. The van der Waals surface area contributed by atoms with Crippen molar-refractivity contribution in [3.8, 4) is 6.07 Å². The van der Waals surface area contributed by atoms with E-state index in [2.05, 4.69) is 27.5 Å². The Morgan fingerprint density at radius 2 is 1.97 bits per heavy atom. The van der Waals surface area contributed by atoms with Gasteiger partial charge in [-0.1, -0.05) is 13.3 Å². The van der Waals surface area contributed by atoms with E-state index in [9.17, 15) is 25.5 Å². The van der Waals surface area contributed by atoms with E-state index in [1.54, 1.807) is 36.5 Å². The van der Waals surface area contributed by atoms with E-state index >= 15 is 0 Å². The van der Waals surface area contributed by atoms with Crippen molar-refractivity contribution in [2.75, 3.05) is 11.9 Å². The maximum atomic E-state index is 11.4. The first-order chi connectivity index (χ1) is 15.0. The van der Waals surface area contributed by atoms with E-state index in [4.69, 9.17) is 0 Å². The van der Waals surface area contributed by atoms with Crippen LogP contribution in [0, 0.1) is 31.6 Å². The number of anilines is 1. The molecule has 0 saturated carbocycles. The van der Waals surface area contributed by atoms with E-state index < -0.39 is 21.2 Å². The Morgan fingerprint density at radius 1 is 1.16 bits per heavy atom. The molecule has 31 heavy (non-hydrogen) atoms. The number of nitrogens with one attached hydrogen (secondary N) is 1. The van der Waals surface area contributed by atoms with Gasteiger partial charge in [0.15, 0.2) is 5.69 Å². The van der Waals surface area contributed by atoms with Crippen LogP contribution >= 0.6 is 0 Å². The number of fused-ring (bicyclic) bond motifs is 1. The van der Waals surface area contributed by atoms with Crippen molar-refractivity contribution in [1.82, 2.24) is 4.98 Å². The number of benzene rings is 2. The number of hydrogen-bond acceptors (Lipinski definition) is 9. The Bertz CT molecular complexity index is 1230. The van der Waals surface area contributed by atoms with Gasteiger partial charge >= 0.3 is 5.69 Å². The van der Waals surface area contributed by atoms with Crippen molar-refractivity contribution in [1.29, 1.82) is 5.26 Å². The van der Waals surface area contributed by atoms with Crippen molar-refractivity contribution >= 4 is 39.3 Å². The Kier molecular flexibility index (Phi) is 6.42. The second-order valence-corrected chi connectivity index (χ2v) is 6.50. The average Bonchev–Trinajstić information content (AvgIpc) is 2.77. The molecule has 0 aliphatic heterocycles. The molecule has 1 aromatic heterocycles. The molecule has 3 aromatic rings. The van der Waals surface area contributed by atoms with E-state index in [1.165, 1.54) is 0 Å². The molecule has 11 nitrogen and oxygen atoms in total. The average molecular weight is 419 g/mol. The Morgan fingerprint density at radius 3 is 2.65 bits per heavy atom. The number of rotatable bonds is 8. The second-order valence-electron chi connectivity index (χ2n) is 6.50. The molecule has 1 heterocycles. The molecule has 0 aliphatic carbocycles. The lowest BCUT2D eigenvalue weighted by Gasteiger charge is -2.09. The van der Waals surface area contributed by atoms with Gasteiger partial charge in [0.1, 0.15) is 6.07 Å². The fraction of sp³-hybridized carbons (Fsp3) is 0.200. The topological polar surface area (TPSA) is 160 Å². The van der Waals surface area contributed by atoms with E-state index in [0.717, 1.165) is 37.2 Å². The van der Waals surface area contributed by atoms with Gasteiger partial charge in [0, 0.05) is 24.2 Å². The molecule has 0 aliphatic rings. The van der Waals surface area contributed by atoms with Crippen LogP contribution in [0.4, 0.5) is 28.4 Å². The molecular weight excluding hydrogens is 402 g/mol. The van der Waals surface area contributed by atoms with Crippen molar-refractivity contribution in [3.05, 3.63) is 68.4 Å². The number of nitriles is 1. The molecular formula is C20H17N7O4. The second kappa shape index (κ2) is 9.36. The predicted octanol–water partition coefficient (Wildman–Crippen LogP) is 5.55. The molecule has 0 atom stereocenters. The molecule has 0 spiro atoms. The van der Waals surface area contributed by atoms with Gasteiger partial charge in [0.2, 0.25) is 0 Å². The zero-order valence-corrected chi connectivity index (χ0v) is 16.5. The Labute approximate surface area is 176 Å². The summed E-state index contributed by atoms with van der Waals surface area (Å²) in [6.45, 7) is 2.87. The fourth-order valence-corrected chi connectivity index (χ4v) is 2.93. The van der Waals surface area contributed by atoms with Gasteiger partial charge in [-0.15, -0.1) is 10.2 Å². The minimum Gasteiger partial charge on any atom is -0.383 e. The third-order valence-corrected chi connectivity index (χ3v) is 4.45. The summed E-state index contributed by atoms with van der Waals surface area (Å²) >= 11 is 0. The highest BCUT2D eigenvalue weighted by Gasteiger charge is 2.24. The third-order valence-electron chi connectivity index (χ3n) is 4.45. The van der Waals surface area contributed by atoms with Crippen molar-refractivity contribution in [2.24, 2.45) is 10.2 Å². The molecule has 0 saturated heterocycles. The summed E-state index contributed by atoms with van der Waals surface area (Å²) in [5, 5.41) is 43.7. The zero-order valence-electron chi connectivity index (χ0n) is 16.5. The molecule has 156 valence electrons. The first kappa shape index (κ1) is 21.3. The smallest absolute Gasteiger partial charge is 0.304 e. The maximum absolute atomic E-state index is 11.4. The molecule has 11 heteroatoms. The van der Waals surface area contributed by atoms with E-state index in [0.29, 0.717) is 16.6 Å². The number of pyridine rings is 1.